The van der Waals surface area contributed by atoms with Crippen molar-refractivity contribution in [1.82, 2.24) is 10.2 Å². The molecule has 0 aromatic heterocycles. The number of anilines is 1. The second-order valence-electron chi connectivity index (χ2n) is 6.16. The molecule has 2 saturated heterocycles. The van der Waals surface area contributed by atoms with Gasteiger partial charge in [0.2, 0.25) is 0 Å². The van der Waals surface area contributed by atoms with Crippen molar-refractivity contribution in [3.8, 4) is 5.75 Å². The zero-order valence-electron chi connectivity index (χ0n) is 12.9. The van der Waals surface area contributed by atoms with Crippen molar-refractivity contribution in [2.24, 2.45) is 0 Å². The molecule has 0 saturated carbocycles. The molecule has 2 bridgehead atoms. The molecule has 0 radical (unpaired) electrons. The minimum absolute atomic E-state index is 0.195. The number of benzene rings is 1. The number of halogens is 1. The van der Waals surface area contributed by atoms with Crippen LogP contribution >= 0.6 is 0 Å². The molecule has 1 aromatic carbocycles. The lowest BCUT2D eigenvalue weighted by Crippen LogP contribution is -2.49. The first-order valence-corrected chi connectivity index (χ1v) is 7.70. The summed E-state index contributed by atoms with van der Waals surface area (Å²) < 4.78 is 18.2. The smallest absolute Gasteiger partial charge is 0.319 e. The van der Waals surface area contributed by atoms with Crippen LogP contribution in [-0.4, -0.2) is 43.2 Å². The number of carbonyl (C=O) groups excluding carboxylic acids is 1. The van der Waals surface area contributed by atoms with Crippen molar-refractivity contribution in [2.75, 3.05) is 19.5 Å². The zero-order chi connectivity index (χ0) is 15.7. The van der Waals surface area contributed by atoms with Crippen LogP contribution in [-0.2, 0) is 0 Å². The van der Waals surface area contributed by atoms with Gasteiger partial charge >= 0.3 is 6.03 Å². The summed E-state index contributed by atoms with van der Waals surface area (Å²) in [6.45, 7) is 0. The molecule has 120 valence electrons. The zero-order valence-corrected chi connectivity index (χ0v) is 12.9. The fourth-order valence-corrected chi connectivity index (χ4v) is 3.64. The molecule has 0 aliphatic carbocycles. The Bertz CT molecular complexity index is 552. The molecule has 2 fully saturated rings. The lowest BCUT2D eigenvalue weighted by molar-refractivity contribution is 0.151. The highest BCUT2D eigenvalue weighted by Crippen LogP contribution is 2.34. The number of hydrogen-bond donors (Lipinski definition) is 2. The Hall–Kier alpha value is -1.82. The average molecular weight is 307 g/mol. The van der Waals surface area contributed by atoms with E-state index >= 15 is 0 Å². The summed E-state index contributed by atoms with van der Waals surface area (Å²) in [6.07, 6.45) is 4.40. The van der Waals surface area contributed by atoms with E-state index in [-0.39, 0.29) is 12.1 Å². The molecule has 1 aromatic rings. The monoisotopic (exact) mass is 307 g/mol. The maximum absolute atomic E-state index is 13.2. The van der Waals surface area contributed by atoms with E-state index in [0.29, 0.717) is 23.5 Å². The molecule has 1 unspecified atom stereocenters. The van der Waals surface area contributed by atoms with Gasteiger partial charge in [-0.15, -0.1) is 0 Å². The number of ether oxygens (including phenoxy) is 1. The predicted octanol–water partition coefficient (Wildman–Crippen LogP) is 2.58. The third-order valence-corrected chi connectivity index (χ3v) is 4.85. The van der Waals surface area contributed by atoms with Crippen LogP contribution in [0.5, 0.6) is 5.75 Å². The Morgan fingerprint density at radius 3 is 2.64 bits per heavy atom. The van der Waals surface area contributed by atoms with Crippen LogP contribution in [0.4, 0.5) is 14.9 Å². The second-order valence-corrected chi connectivity index (χ2v) is 6.16. The van der Waals surface area contributed by atoms with Crippen molar-refractivity contribution in [1.29, 1.82) is 0 Å². The number of nitrogens with one attached hydrogen (secondary N) is 2. The van der Waals surface area contributed by atoms with Crippen LogP contribution in [0.25, 0.3) is 0 Å². The van der Waals surface area contributed by atoms with Crippen LogP contribution in [0.1, 0.15) is 25.7 Å². The minimum atomic E-state index is -0.394. The molecule has 0 spiro atoms. The van der Waals surface area contributed by atoms with Crippen molar-refractivity contribution in [2.45, 2.75) is 43.8 Å². The second kappa shape index (κ2) is 6.12. The van der Waals surface area contributed by atoms with E-state index in [1.54, 1.807) is 0 Å². The number of nitrogens with zero attached hydrogens (tertiary/aromatic N) is 1. The lowest BCUT2D eigenvalue weighted by atomic mass is 9.98. The highest BCUT2D eigenvalue weighted by molar-refractivity contribution is 5.91. The highest BCUT2D eigenvalue weighted by atomic mass is 19.1. The fraction of sp³-hybridized carbons (Fsp3) is 0.562. The van der Waals surface area contributed by atoms with Gasteiger partial charge in [0.15, 0.2) is 0 Å². The van der Waals surface area contributed by atoms with Crippen LogP contribution in [0.2, 0.25) is 0 Å². The van der Waals surface area contributed by atoms with Gasteiger partial charge in [0.1, 0.15) is 11.6 Å². The summed E-state index contributed by atoms with van der Waals surface area (Å²) in [4.78, 5) is 14.6. The van der Waals surface area contributed by atoms with Gasteiger partial charge in [0.05, 0.1) is 12.8 Å². The Kier molecular flexibility index (Phi) is 4.20. The summed E-state index contributed by atoms with van der Waals surface area (Å²) in [5.74, 6) is -0.0756. The number of rotatable bonds is 3. The average Bonchev–Trinajstić information content (AvgIpc) is 2.71. The third-order valence-electron chi connectivity index (χ3n) is 4.85. The standard InChI is InChI=1S/C16H22FN3O2/c1-20-12-4-5-13(20)9-11(8-12)18-16(21)19-14-6-3-10(17)7-15(14)22-2/h3,6-7,11-13H,4-5,8-9H2,1-2H3,(H2,18,19,21)/t11?,12-,13+. The number of carbonyl (C=O) groups is 1. The number of amides is 2. The molecular weight excluding hydrogens is 285 g/mol. The molecule has 2 aliphatic heterocycles. The summed E-state index contributed by atoms with van der Waals surface area (Å²) in [6, 6.07) is 5.14. The van der Waals surface area contributed by atoms with Gasteiger partial charge in [0, 0.05) is 24.2 Å². The largest absolute Gasteiger partial charge is 0.494 e. The normalized spacial score (nSPS) is 27.5. The molecule has 6 heteroatoms. The molecule has 2 amide bonds. The number of fused-ring (bicyclic) bond motifs is 2. The third kappa shape index (κ3) is 3.02. The first kappa shape index (κ1) is 15.1. The molecule has 2 aliphatic rings. The molecule has 3 atom stereocenters. The van der Waals surface area contributed by atoms with Gasteiger partial charge in [-0.1, -0.05) is 0 Å². The minimum Gasteiger partial charge on any atom is -0.494 e. The Labute approximate surface area is 129 Å². The van der Waals surface area contributed by atoms with Gasteiger partial charge in [0.25, 0.3) is 0 Å². The van der Waals surface area contributed by atoms with E-state index in [2.05, 4.69) is 22.6 Å². The molecule has 5 nitrogen and oxygen atoms in total. The molecule has 2 heterocycles. The summed E-state index contributed by atoms with van der Waals surface area (Å²) in [7, 11) is 3.62. The van der Waals surface area contributed by atoms with E-state index in [9.17, 15) is 9.18 Å². The van der Waals surface area contributed by atoms with Crippen LogP contribution < -0.4 is 15.4 Å². The maximum Gasteiger partial charge on any atom is 0.319 e. The van der Waals surface area contributed by atoms with E-state index in [0.717, 1.165) is 12.8 Å². The van der Waals surface area contributed by atoms with Crippen LogP contribution in [0.15, 0.2) is 18.2 Å². The van der Waals surface area contributed by atoms with Crippen molar-refractivity contribution in [3.05, 3.63) is 24.0 Å². The summed E-state index contributed by atoms with van der Waals surface area (Å²) >= 11 is 0. The number of methoxy groups -OCH3 is 1. The molecule has 22 heavy (non-hydrogen) atoms. The SMILES string of the molecule is COc1cc(F)ccc1NC(=O)NC1C[C@H]2CC[C@@H](C1)N2C. The molecular formula is C16H22FN3O2. The number of urea groups is 1. The summed E-state index contributed by atoms with van der Waals surface area (Å²) in [5.41, 5.74) is 0.470. The number of hydrogen-bond acceptors (Lipinski definition) is 3. The van der Waals surface area contributed by atoms with E-state index in [1.165, 1.54) is 38.2 Å². The van der Waals surface area contributed by atoms with Crippen molar-refractivity contribution >= 4 is 11.7 Å². The molecule has 2 N–H and O–H groups in total. The lowest BCUT2D eigenvalue weighted by Gasteiger charge is -2.36. The molecule has 3 rings (SSSR count). The van der Waals surface area contributed by atoms with Crippen molar-refractivity contribution in [3.63, 3.8) is 0 Å². The van der Waals surface area contributed by atoms with Gasteiger partial charge < -0.3 is 20.3 Å². The van der Waals surface area contributed by atoms with Gasteiger partial charge in [-0.05, 0) is 44.9 Å². The Morgan fingerprint density at radius 1 is 1.32 bits per heavy atom. The van der Waals surface area contributed by atoms with Gasteiger partial charge in [-0.2, -0.15) is 0 Å². The quantitative estimate of drug-likeness (QED) is 0.902. The first-order chi connectivity index (χ1) is 10.6. The van der Waals surface area contributed by atoms with Crippen molar-refractivity contribution < 1.29 is 13.9 Å². The van der Waals surface area contributed by atoms with E-state index < -0.39 is 5.82 Å². The van der Waals surface area contributed by atoms with Crippen LogP contribution in [0, 0.1) is 5.82 Å². The van der Waals surface area contributed by atoms with E-state index in [4.69, 9.17) is 4.74 Å². The predicted molar refractivity (Wildman–Crippen MR) is 82.7 cm³/mol. The van der Waals surface area contributed by atoms with Gasteiger partial charge in [-0.25, -0.2) is 9.18 Å². The van der Waals surface area contributed by atoms with Crippen LogP contribution in [0.3, 0.4) is 0 Å². The Morgan fingerprint density at radius 2 is 2.00 bits per heavy atom. The maximum atomic E-state index is 13.2. The Balaban J connectivity index is 1.59. The summed E-state index contributed by atoms with van der Waals surface area (Å²) in [5, 5.41) is 5.77. The highest BCUT2D eigenvalue weighted by Gasteiger charge is 2.38. The topological polar surface area (TPSA) is 53.6 Å². The fourth-order valence-electron chi connectivity index (χ4n) is 3.64. The van der Waals surface area contributed by atoms with Gasteiger partial charge in [-0.3, -0.25) is 0 Å². The first-order valence-electron chi connectivity index (χ1n) is 7.70. The van der Waals surface area contributed by atoms with E-state index in [1.807, 2.05) is 0 Å². The number of piperidine rings is 1.